The number of nitrogens with two attached hydrogens (primary N) is 1. The van der Waals surface area contributed by atoms with E-state index in [1.807, 2.05) is 0 Å². The molecule has 0 atom stereocenters. The average molecular weight is 350 g/mol. The summed E-state index contributed by atoms with van der Waals surface area (Å²) in [5.41, 5.74) is 7.70. The van der Waals surface area contributed by atoms with Crippen LogP contribution in [0.15, 0.2) is 40.9 Å². The number of halogens is 1. The number of carbonyl (C=O) groups is 1. The molecule has 2 aromatic rings. The summed E-state index contributed by atoms with van der Waals surface area (Å²) in [6.45, 7) is 1.22. The molecule has 0 aliphatic carbocycles. The molecule has 0 unspecified atom stereocenters. The molecule has 1 aromatic heterocycles. The maximum atomic E-state index is 12.2. The SMILES string of the molecule is NC(=NOCC(=O)N1CCc2sccc2C1)c1cccc(Cl)c1. The van der Waals surface area contributed by atoms with E-state index >= 15 is 0 Å². The third-order valence-corrected chi connectivity index (χ3v) is 4.89. The van der Waals surface area contributed by atoms with Gasteiger partial charge in [-0.15, -0.1) is 11.3 Å². The summed E-state index contributed by atoms with van der Waals surface area (Å²) < 4.78 is 0. The molecule has 3 rings (SSSR count). The molecule has 120 valence electrons. The van der Waals surface area contributed by atoms with Crippen molar-refractivity contribution in [2.75, 3.05) is 13.2 Å². The summed E-state index contributed by atoms with van der Waals surface area (Å²) in [7, 11) is 0. The smallest absolute Gasteiger partial charge is 0.263 e. The minimum Gasteiger partial charge on any atom is -0.384 e. The fourth-order valence-electron chi connectivity index (χ4n) is 2.41. The minimum atomic E-state index is -0.124. The summed E-state index contributed by atoms with van der Waals surface area (Å²) in [6.07, 6.45) is 0.895. The summed E-state index contributed by atoms with van der Waals surface area (Å²) in [4.78, 5) is 20.4. The largest absolute Gasteiger partial charge is 0.384 e. The number of benzene rings is 1. The molecule has 0 spiro atoms. The van der Waals surface area contributed by atoms with Crippen LogP contribution in [0.2, 0.25) is 5.02 Å². The highest BCUT2D eigenvalue weighted by atomic mass is 35.5. The van der Waals surface area contributed by atoms with E-state index < -0.39 is 0 Å². The Kier molecular flexibility index (Phi) is 4.83. The van der Waals surface area contributed by atoms with Gasteiger partial charge in [-0.05, 0) is 35.6 Å². The van der Waals surface area contributed by atoms with Gasteiger partial charge >= 0.3 is 0 Å². The molecular weight excluding hydrogens is 334 g/mol. The van der Waals surface area contributed by atoms with Crippen molar-refractivity contribution in [2.24, 2.45) is 10.9 Å². The molecule has 2 N–H and O–H groups in total. The number of hydrogen-bond acceptors (Lipinski definition) is 4. The standard InChI is InChI=1S/C16H16ClN3O2S/c17-13-3-1-2-11(8-13)16(18)19-22-10-15(21)20-6-4-14-12(9-20)5-7-23-14/h1-3,5,7-8H,4,6,9-10H2,(H2,18,19). The van der Waals surface area contributed by atoms with Crippen LogP contribution < -0.4 is 5.73 Å². The monoisotopic (exact) mass is 349 g/mol. The van der Waals surface area contributed by atoms with Crippen LogP contribution in [0.1, 0.15) is 16.0 Å². The van der Waals surface area contributed by atoms with Gasteiger partial charge in [-0.25, -0.2) is 0 Å². The van der Waals surface area contributed by atoms with Gasteiger partial charge < -0.3 is 15.5 Å². The van der Waals surface area contributed by atoms with E-state index in [1.54, 1.807) is 40.5 Å². The second kappa shape index (κ2) is 7.02. The van der Waals surface area contributed by atoms with Crippen molar-refractivity contribution in [3.63, 3.8) is 0 Å². The quantitative estimate of drug-likeness (QED) is 0.524. The Bertz CT molecular complexity index is 744. The Morgan fingerprint density at radius 2 is 2.30 bits per heavy atom. The fraction of sp³-hybridized carbons (Fsp3) is 0.250. The molecular formula is C16H16ClN3O2S. The summed E-state index contributed by atoms with van der Waals surface area (Å²) in [5, 5.41) is 6.42. The van der Waals surface area contributed by atoms with Gasteiger partial charge in [0, 0.05) is 28.6 Å². The van der Waals surface area contributed by atoms with Crippen LogP contribution in [0.25, 0.3) is 0 Å². The van der Waals surface area contributed by atoms with Crippen LogP contribution in [0, 0.1) is 0 Å². The maximum Gasteiger partial charge on any atom is 0.263 e. The zero-order valence-electron chi connectivity index (χ0n) is 12.4. The number of amides is 1. The summed E-state index contributed by atoms with van der Waals surface area (Å²) in [6, 6.07) is 9.05. The van der Waals surface area contributed by atoms with Crippen molar-refractivity contribution in [3.05, 3.63) is 56.7 Å². The van der Waals surface area contributed by atoms with Crippen molar-refractivity contribution in [3.8, 4) is 0 Å². The topological polar surface area (TPSA) is 67.9 Å². The number of hydrogen-bond donors (Lipinski definition) is 1. The van der Waals surface area contributed by atoms with Gasteiger partial charge in [0.25, 0.3) is 5.91 Å². The van der Waals surface area contributed by atoms with Gasteiger partial charge in [0.05, 0.1) is 0 Å². The highest BCUT2D eigenvalue weighted by molar-refractivity contribution is 7.10. The van der Waals surface area contributed by atoms with E-state index in [0.29, 0.717) is 23.7 Å². The zero-order chi connectivity index (χ0) is 16.2. The van der Waals surface area contributed by atoms with Gasteiger partial charge in [-0.1, -0.05) is 28.9 Å². The number of nitrogens with zero attached hydrogens (tertiary/aromatic N) is 2. The van der Waals surface area contributed by atoms with Crippen molar-refractivity contribution in [1.82, 2.24) is 4.90 Å². The van der Waals surface area contributed by atoms with Gasteiger partial charge in [-0.2, -0.15) is 0 Å². The van der Waals surface area contributed by atoms with E-state index in [1.165, 1.54) is 10.4 Å². The van der Waals surface area contributed by atoms with Gasteiger partial charge in [0.2, 0.25) is 0 Å². The highest BCUT2D eigenvalue weighted by Crippen LogP contribution is 2.23. The first-order valence-electron chi connectivity index (χ1n) is 7.18. The molecule has 5 nitrogen and oxygen atoms in total. The molecule has 1 aromatic carbocycles. The third-order valence-electron chi connectivity index (χ3n) is 3.63. The Labute approximate surface area is 143 Å². The minimum absolute atomic E-state index is 0.0931. The lowest BCUT2D eigenvalue weighted by molar-refractivity contribution is -0.137. The first-order valence-corrected chi connectivity index (χ1v) is 8.43. The van der Waals surface area contributed by atoms with Crippen molar-refractivity contribution < 1.29 is 9.63 Å². The Morgan fingerprint density at radius 1 is 1.43 bits per heavy atom. The first-order chi connectivity index (χ1) is 11.1. The molecule has 1 aliphatic rings. The number of carbonyl (C=O) groups excluding carboxylic acids is 1. The van der Waals surface area contributed by atoms with Crippen LogP contribution in [-0.4, -0.2) is 29.8 Å². The maximum absolute atomic E-state index is 12.2. The van der Waals surface area contributed by atoms with Crippen LogP contribution >= 0.6 is 22.9 Å². The highest BCUT2D eigenvalue weighted by Gasteiger charge is 2.21. The molecule has 1 aliphatic heterocycles. The van der Waals surface area contributed by atoms with E-state index in [2.05, 4.69) is 16.6 Å². The van der Waals surface area contributed by atoms with Gasteiger partial charge in [0.15, 0.2) is 12.4 Å². The fourth-order valence-corrected chi connectivity index (χ4v) is 3.49. The lowest BCUT2D eigenvalue weighted by Crippen LogP contribution is -2.37. The van der Waals surface area contributed by atoms with Crippen LogP contribution in [-0.2, 0) is 22.6 Å². The average Bonchev–Trinajstić information content (AvgIpc) is 3.02. The molecule has 0 radical (unpaired) electrons. The molecule has 0 bridgehead atoms. The number of fused-ring (bicyclic) bond motifs is 1. The second-order valence-electron chi connectivity index (χ2n) is 5.19. The lowest BCUT2D eigenvalue weighted by atomic mass is 10.1. The number of thiophene rings is 1. The molecule has 0 fully saturated rings. The van der Waals surface area contributed by atoms with Gasteiger partial charge in [0.1, 0.15) is 0 Å². The number of rotatable bonds is 4. The number of amidine groups is 1. The first kappa shape index (κ1) is 15.8. The van der Waals surface area contributed by atoms with Crippen molar-refractivity contribution in [1.29, 1.82) is 0 Å². The Hall–Kier alpha value is -2.05. The molecule has 0 saturated heterocycles. The van der Waals surface area contributed by atoms with Crippen molar-refractivity contribution >= 4 is 34.7 Å². The molecule has 2 heterocycles. The predicted molar refractivity (Wildman–Crippen MR) is 91.6 cm³/mol. The Morgan fingerprint density at radius 3 is 3.13 bits per heavy atom. The zero-order valence-corrected chi connectivity index (χ0v) is 13.9. The van der Waals surface area contributed by atoms with Crippen LogP contribution in [0.5, 0.6) is 0 Å². The molecule has 7 heteroatoms. The lowest BCUT2D eigenvalue weighted by Gasteiger charge is -2.26. The van der Waals surface area contributed by atoms with E-state index in [-0.39, 0.29) is 18.3 Å². The summed E-state index contributed by atoms with van der Waals surface area (Å²) >= 11 is 7.64. The predicted octanol–water partition coefficient (Wildman–Crippen LogP) is 2.62. The molecule has 0 saturated carbocycles. The van der Waals surface area contributed by atoms with Crippen LogP contribution in [0.3, 0.4) is 0 Å². The summed E-state index contributed by atoms with van der Waals surface area (Å²) in [5.74, 6) is 0.101. The third kappa shape index (κ3) is 3.83. The van der Waals surface area contributed by atoms with Crippen molar-refractivity contribution in [2.45, 2.75) is 13.0 Å². The van der Waals surface area contributed by atoms with Gasteiger partial charge in [-0.3, -0.25) is 4.79 Å². The normalized spacial score (nSPS) is 14.5. The Balaban J connectivity index is 1.54. The second-order valence-corrected chi connectivity index (χ2v) is 6.63. The number of oxime groups is 1. The molecule has 23 heavy (non-hydrogen) atoms. The van der Waals surface area contributed by atoms with Crippen LogP contribution in [0.4, 0.5) is 0 Å². The molecule has 1 amide bonds. The van der Waals surface area contributed by atoms with E-state index in [0.717, 1.165) is 6.42 Å². The van der Waals surface area contributed by atoms with E-state index in [4.69, 9.17) is 22.2 Å². The van der Waals surface area contributed by atoms with E-state index in [9.17, 15) is 4.79 Å².